The van der Waals surface area contributed by atoms with Crippen LogP contribution in [0.3, 0.4) is 0 Å². The number of methoxy groups -OCH3 is 1. The maximum atomic E-state index is 14.0. The number of anilines is 1. The van der Waals surface area contributed by atoms with Gasteiger partial charge in [-0.05, 0) is 78.1 Å². The number of H-pyrrole nitrogens is 1. The monoisotopic (exact) mass is 678 g/mol. The second kappa shape index (κ2) is 11.0. The minimum Gasteiger partial charge on any atom is -0.493 e. The number of thiazole rings is 1. The maximum Gasteiger partial charge on any atom is 0.416 e. The minimum absolute atomic E-state index is 0.0507. The van der Waals surface area contributed by atoms with Crippen LogP contribution in [-0.2, 0) is 22.4 Å². The topological polar surface area (TPSA) is 88.7 Å². The Bertz CT molecular complexity index is 1990. The van der Waals surface area contributed by atoms with Gasteiger partial charge < -0.3 is 14.5 Å². The van der Waals surface area contributed by atoms with Gasteiger partial charge in [-0.15, -0.1) is 11.8 Å². The Kier molecular flexibility index (Phi) is 7.10. The standard InChI is InChI=1S/C35H29F3N2O5S2/c1-16-6-3-4-7-18(16)15-45-23-11-10-17(12-24(23)44-2)25-26-21-14-22(29(26)46-31-30(25)47-34(43)39-31)28-27(21)32(41)40(33(28)42)20-9-5-8-19(13-20)35(36,37)38/h3-13,21-22,25-29H,14-15H2,1-2H3,(H,39,43)/t21?,22?,25-,26?,27?,28?,29?/m1/s1. The second-order valence-electron chi connectivity index (χ2n) is 12.6. The zero-order valence-electron chi connectivity index (χ0n) is 25.2. The van der Waals surface area contributed by atoms with E-state index in [2.05, 4.69) is 4.98 Å². The van der Waals surface area contributed by atoms with Crippen molar-refractivity contribution >= 4 is 40.6 Å². The Morgan fingerprint density at radius 2 is 1.70 bits per heavy atom. The van der Waals surface area contributed by atoms with Crippen molar-refractivity contribution < 1.29 is 32.2 Å². The van der Waals surface area contributed by atoms with Crippen LogP contribution < -0.4 is 19.2 Å². The van der Waals surface area contributed by atoms with Crippen molar-refractivity contribution in [3.05, 3.63) is 104 Å². The molecule has 242 valence electrons. The lowest BCUT2D eigenvalue weighted by atomic mass is 9.68. The van der Waals surface area contributed by atoms with E-state index in [0.29, 0.717) is 24.5 Å². The molecule has 12 heteroatoms. The van der Waals surface area contributed by atoms with Crippen molar-refractivity contribution in [3.8, 4) is 11.5 Å². The predicted octanol–water partition coefficient (Wildman–Crippen LogP) is 7.03. The molecule has 3 heterocycles. The molecule has 3 fully saturated rings. The number of ether oxygens (including phenoxy) is 2. The highest BCUT2D eigenvalue weighted by atomic mass is 32.2. The van der Waals surface area contributed by atoms with E-state index in [1.54, 1.807) is 18.9 Å². The summed E-state index contributed by atoms with van der Waals surface area (Å²) in [5.41, 5.74) is 2.12. The summed E-state index contributed by atoms with van der Waals surface area (Å²) < 4.78 is 52.5. The van der Waals surface area contributed by atoms with Crippen LogP contribution in [0.25, 0.3) is 0 Å². The molecule has 0 radical (unpaired) electrons. The molecule has 47 heavy (non-hydrogen) atoms. The number of aromatic amines is 1. The Labute approximate surface area is 276 Å². The highest BCUT2D eigenvalue weighted by molar-refractivity contribution is 8.00. The molecule has 8 rings (SSSR count). The van der Waals surface area contributed by atoms with Gasteiger partial charge in [0.15, 0.2) is 11.5 Å². The van der Waals surface area contributed by atoms with Gasteiger partial charge in [-0.3, -0.25) is 19.3 Å². The molecule has 4 aliphatic rings. The molecule has 1 saturated heterocycles. The summed E-state index contributed by atoms with van der Waals surface area (Å²) in [6.07, 6.45) is -3.94. The molecule has 1 aromatic heterocycles. The lowest BCUT2D eigenvalue weighted by molar-refractivity contribution is -0.137. The summed E-state index contributed by atoms with van der Waals surface area (Å²) in [6, 6.07) is 18.2. The van der Waals surface area contributed by atoms with Gasteiger partial charge in [0.05, 0.1) is 35.2 Å². The molecule has 1 N–H and O–H groups in total. The lowest BCUT2D eigenvalue weighted by Crippen LogP contribution is -2.42. The van der Waals surface area contributed by atoms with Gasteiger partial charge in [0.25, 0.3) is 0 Å². The summed E-state index contributed by atoms with van der Waals surface area (Å²) in [4.78, 5) is 45.2. The second-order valence-corrected chi connectivity index (χ2v) is 14.8. The molecular formula is C35H29F3N2O5S2. The number of thioether (sulfide) groups is 1. The first-order valence-electron chi connectivity index (χ1n) is 15.3. The zero-order chi connectivity index (χ0) is 32.8. The smallest absolute Gasteiger partial charge is 0.416 e. The van der Waals surface area contributed by atoms with Crippen LogP contribution in [-0.4, -0.2) is 29.2 Å². The van der Waals surface area contributed by atoms with Crippen molar-refractivity contribution in [1.29, 1.82) is 0 Å². The first-order valence-corrected chi connectivity index (χ1v) is 17.0. The van der Waals surface area contributed by atoms with Gasteiger partial charge in [-0.25, -0.2) is 0 Å². The highest BCUT2D eigenvalue weighted by Gasteiger charge is 2.69. The lowest BCUT2D eigenvalue weighted by Gasteiger charge is -2.43. The van der Waals surface area contributed by atoms with Crippen LogP contribution in [0.15, 0.2) is 76.6 Å². The van der Waals surface area contributed by atoms with Crippen molar-refractivity contribution in [1.82, 2.24) is 4.98 Å². The fourth-order valence-corrected chi connectivity index (χ4v) is 11.3. The summed E-state index contributed by atoms with van der Waals surface area (Å²) in [6.45, 7) is 2.39. The number of hydrogen-bond acceptors (Lipinski definition) is 7. The largest absolute Gasteiger partial charge is 0.493 e. The van der Waals surface area contributed by atoms with E-state index >= 15 is 0 Å². The Hall–Kier alpha value is -4.03. The van der Waals surface area contributed by atoms with Gasteiger partial charge >= 0.3 is 11.0 Å². The van der Waals surface area contributed by atoms with Crippen LogP contribution in [0.5, 0.6) is 11.5 Å². The van der Waals surface area contributed by atoms with Gasteiger partial charge in [-0.2, -0.15) is 13.2 Å². The molecule has 2 bridgehead atoms. The summed E-state index contributed by atoms with van der Waals surface area (Å²) in [5.74, 6) is -1.70. The Morgan fingerprint density at radius 3 is 2.45 bits per heavy atom. The van der Waals surface area contributed by atoms with Crippen LogP contribution in [0.2, 0.25) is 0 Å². The number of fused-ring (bicyclic) bond motifs is 9. The molecule has 2 amide bonds. The van der Waals surface area contributed by atoms with E-state index in [0.717, 1.165) is 55.0 Å². The third-order valence-electron chi connectivity index (χ3n) is 10.3. The number of nitrogens with zero attached hydrogens (tertiary/aromatic N) is 1. The molecule has 0 spiro atoms. The van der Waals surface area contributed by atoms with Crippen molar-refractivity contribution in [2.45, 2.75) is 42.3 Å². The predicted molar refractivity (Wildman–Crippen MR) is 171 cm³/mol. The molecule has 6 unspecified atom stereocenters. The summed E-state index contributed by atoms with van der Waals surface area (Å²) >= 11 is 2.70. The quantitative estimate of drug-likeness (QED) is 0.221. The third-order valence-corrected chi connectivity index (χ3v) is 12.9. The van der Waals surface area contributed by atoms with E-state index in [1.807, 2.05) is 49.4 Å². The normalized spacial score (nSPS) is 27.5. The zero-order valence-corrected chi connectivity index (χ0v) is 26.9. The van der Waals surface area contributed by atoms with Gasteiger partial charge in [0.2, 0.25) is 11.8 Å². The number of carbonyl (C=O) groups excluding carboxylic acids is 2. The summed E-state index contributed by atoms with van der Waals surface area (Å²) in [7, 11) is 1.58. The van der Waals surface area contributed by atoms with Crippen LogP contribution in [0, 0.1) is 36.5 Å². The average Bonchev–Trinajstić information content (AvgIpc) is 3.79. The minimum atomic E-state index is -4.61. The van der Waals surface area contributed by atoms with Crippen LogP contribution in [0.1, 0.15) is 39.5 Å². The number of benzene rings is 3. The van der Waals surface area contributed by atoms with E-state index in [4.69, 9.17) is 9.47 Å². The molecule has 4 aromatic rings. The number of halogens is 3. The molecule has 7 nitrogen and oxygen atoms in total. The van der Waals surface area contributed by atoms with E-state index in [-0.39, 0.29) is 39.5 Å². The van der Waals surface area contributed by atoms with E-state index in [1.165, 1.54) is 12.1 Å². The molecule has 3 aromatic carbocycles. The maximum absolute atomic E-state index is 14.0. The Balaban J connectivity index is 1.14. The number of aromatic nitrogens is 1. The first-order chi connectivity index (χ1) is 22.5. The number of carbonyl (C=O) groups is 2. The van der Waals surface area contributed by atoms with Crippen LogP contribution in [0.4, 0.5) is 18.9 Å². The number of imide groups is 1. The first kappa shape index (κ1) is 30.3. The molecule has 2 saturated carbocycles. The number of alkyl halides is 3. The van der Waals surface area contributed by atoms with Gasteiger partial charge in [0, 0.05) is 16.0 Å². The van der Waals surface area contributed by atoms with Crippen LogP contribution >= 0.6 is 23.1 Å². The number of aryl methyl sites for hydroxylation is 1. The number of amides is 2. The van der Waals surface area contributed by atoms with Crippen molar-refractivity contribution in [2.24, 2.45) is 29.6 Å². The van der Waals surface area contributed by atoms with Gasteiger partial charge in [-0.1, -0.05) is 47.7 Å². The van der Waals surface area contributed by atoms with E-state index in [9.17, 15) is 27.6 Å². The number of rotatable bonds is 6. The fourth-order valence-electron chi connectivity index (χ4n) is 8.39. The molecule has 2 aliphatic carbocycles. The van der Waals surface area contributed by atoms with Crippen molar-refractivity contribution in [3.63, 3.8) is 0 Å². The SMILES string of the molecule is COc1cc([C@H]2c3sc(=O)[nH]c3SC3C4CC(C5C(=O)N(c6cccc(C(F)(F)F)c6)C(=O)C45)C32)ccc1OCc1ccccc1C. The average molecular weight is 679 g/mol. The molecule has 2 aliphatic heterocycles. The Morgan fingerprint density at radius 1 is 0.936 bits per heavy atom. The van der Waals surface area contributed by atoms with E-state index < -0.39 is 35.4 Å². The molecule has 7 atom stereocenters. The molecular weight excluding hydrogens is 650 g/mol. The highest BCUT2D eigenvalue weighted by Crippen LogP contribution is 2.69. The number of nitrogens with one attached hydrogen (secondary N) is 1. The summed E-state index contributed by atoms with van der Waals surface area (Å²) in [5, 5.41) is 0.700. The number of hydrogen-bond donors (Lipinski definition) is 1. The van der Waals surface area contributed by atoms with Gasteiger partial charge in [0.1, 0.15) is 6.61 Å². The third kappa shape index (κ3) is 4.74. The van der Waals surface area contributed by atoms with Crippen molar-refractivity contribution in [2.75, 3.05) is 12.0 Å². The fraction of sp³-hybridized carbons (Fsp3) is 0.343.